The largest absolute Gasteiger partial charge is 0.326 e. The molecule has 0 saturated heterocycles. The van der Waals surface area contributed by atoms with Gasteiger partial charge in [-0.2, -0.15) is 0 Å². The summed E-state index contributed by atoms with van der Waals surface area (Å²) in [4.78, 5) is 11.9. The predicted molar refractivity (Wildman–Crippen MR) is 86.9 cm³/mol. The van der Waals surface area contributed by atoms with Crippen LogP contribution in [0.3, 0.4) is 0 Å². The van der Waals surface area contributed by atoms with E-state index in [9.17, 15) is 4.79 Å². The second-order valence-electron chi connectivity index (χ2n) is 4.85. The monoisotopic (exact) mass is 331 g/mol. The van der Waals surface area contributed by atoms with Crippen LogP contribution in [0, 0.1) is 6.92 Å². The van der Waals surface area contributed by atoms with Crippen molar-refractivity contribution in [3.63, 3.8) is 0 Å². The Labute approximate surface area is 128 Å². The molecule has 0 unspecified atom stereocenters. The highest BCUT2D eigenvalue weighted by Crippen LogP contribution is 2.20. The van der Waals surface area contributed by atoms with Crippen LogP contribution in [0.5, 0.6) is 0 Å². The Bertz CT molecular complexity index is 581. The highest BCUT2D eigenvalue weighted by molar-refractivity contribution is 9.10. The molecule has 104 valence electrons. The molecule has 1 amide bonds. The zero-order valence-corrected chi connectivity index (χ0v) is 13.1. The van der Waals surface area contributed by atoms with E-state index in [1.54, 1.807) is 0 Å². The number of rotatable bonds is 5. The summed E-state index contributed by atoms with van der Waals surface area (Å²) in [5, 5.41) is 2.93. The molecule has 0 aliphatic carbocycles. The SMILES string of the molecule is Cc1ccc(NC(=O)CCCc2ccccc2)cc1Br. The maximum absolute atomic E-state index is 11.9. The Morgan fingerprint density at radius 3 is 2.60 bits per heavy atom. The molecule has 0 radical (unpaired) electrons. The molecule has 0 heterocycles. The van der Waals surface area contributed by atoms with Gasteiger partial charge in [0.25, 0.3) is 0 Å². The molecule has 1 N–H and O–H groups in total. The van der Waals surface area contributed by atoms with E-state index >= 15 is 0 Å². The van der Waals surface area contributed by atoms with Gasteiger partial charge in [0.2, 0.25) is 5.91 Å². The third-order valence-electron chi connectivity index (χ3n) is 3.17. The number of hydrogen-bond acceptors (Lipinski definition) is 1. The molecule has 0 aliphatic heterocycles. The average Bonchev–Trinajstić information content (AvgIpc) is 2.44. The summed E-state index contributed by atoms with van der Waals surface area (Å²) in [6.07, 6.45) is 2.34. The summed E-state index contributed by atoms with van der Waals surface area (Å²) >= 11 is 3.47. The molecule has 3 heteroatoms. The molecule has 20 heavy (non-hydrogen) atoms. The molecule has 0 bridgehead atoms. The molecule has 0 saturated carbocycles. The molecule has 2 aromatic rings. The molecule has 0 aliphatic rings. The smallest absolute Gasteiger partial charge is 0.224 e. The fourth-order valence-corrected chi connectivity index (χ4v) is 2.37. The van der Waals surface area contributed by atoms with Crippen LogP contribution in [0.4, 0.5) is 5.69 Å². The quantitative estimate of drug-likeness (QED) is 0.843. The number of carbonyl (C=O) groups is 1. The van der Waals surface area contributed by atoms with Gasteiger partial charge in [-0.1, -0.05) is 52.3 Å². The first-order chi connectivity index (χ1) is 9.65. The molecule has 2 nitrogen and oxygen atoms in total. The lowest BCUT2D eigenvalue weighted by molar-refractivity contribution is -0.116. The van der Waals surface area contributed by atoms with E-state index in [0.29, 0.717) is 6.42 Å². The molecule has 0 aromatic heterocycles. The topological polar surface area (TPSA) is 29.1 Å². The first-order valence-corrected chi connectivity index (χ1v) is 7.54. The van der Waals surface area contributed by atoms with Gasteiger partial charge in [-0.25, -0.2) is 0 Å². The Balaban J connectivity index is 1.79. The van der Waals surface area contributed by atoms with E-state index in [-0.39, 0.29) is 5.91 Å². The second kappa shape index (κ2) is 7.25. The third-order valence-corrected chi connectivity index (χ3v) is 4.02. The molecule has 0 atom stereocenters. The fourth-order valence-electron chi connectivity index (χ4n) is 1.99. The minimum absolute atomic E-state index is 0.0664. The number of anilines is 1. The summed E-state index contributed by atoms with van der Waals surface area (Å²) in [6.45, 7) is 2.02. The summed E-state index contributed by atoms with van der Waals surface area (Å²) in [5.41, 5.74) is 3.28. The Morgan fingerprint density at radius 2 is 1.90 bits per heavy atom. The number of nitrogens with one attached hydrogen (secondary N) is 1. The van der Waals surface area contributed by atoms with Crippen molar-refractivity contribution in [1.82, 2.24) is 0 Å². The van der Waals surface area contributed by atoms with Crippen molar-refractivity contribution >= 4 is 27.5 Å². The highest BCUT2D eigenvalue weighted by atomic mass is 79.9. The van der Waals surface area contributed by atoms with Crippen molar-refractivity contribution in [3.8, 4) is 0 Å². The second-order valence-corrected chi connectivity index (χ2v) is 5.71. The normalized spacial score (nSPS) is 10.3. The lowest BCUT2D eigenvalue weighted by atomic mass is 10.1. The number of carbonyl (C=O) groups excluding carboxylic acids is 1. The lowest BCUT2D eigenvalue weighted by Gasteiger charge is -2.07. The number of amides is 1. The van der Waals surface area contributed by atoms with Gasteiger partial charge in [0.15, 0.2) is 0 Å². The van der Waals surface area contributed by atoms with E-state index in [1.165, 1.54) is 5.56 Å². The standard InChI is InChI=1S/C17H18BrNO/c1-13-10-11-15(12-16(13)18)19-17(20)9-5-8-14-6-3-2-4-7-14/h2-4,6-7,10-12H,5,8-9H2,1H3,(H,19,20). The van der Waals surface area contributed by atoms with Crippen molar-refractivity contribution in [2.75, 3.05) is 5.32 Å². The Morgan fingerprint density at radius 1 is 1.15 bits per heavy atom. The number of benzene rings is 2. The predicted octanol–water partition coefficient (Wildman–Crippen LogP) is 4.72. The summed E-state index contributed by atoms with van der Waals surface area (Å²) in [7, 11) is 0. The average molecular weight is 332 g/mol. The van der Waals surface area contributed by atoms with Crippen LogP contribution in [-0.4, -0.2) is 5.91 Å². The van der Waals surface area contributed by atoms with E-state index < -0.39 is 0 Å². The fraction of sp³-hybridized carbons (Fsp3) is 0.235. The van der Waals surface area contributed by atoms with E-state index in [4.69, 9.17) is 0 Å². The van der Waals surface area contributed by atoms with Crippen molar-refractivity contribution in [3.05, 3.63) is 64.1 Å². The van der Waals surface area contributed by atoms with Crippen LogP contribution in [0.25, 0.3) is 0 Å². The maximum atomic E-state index is 11.9. The molecular weight excluding hydrogens is 314 g/mol. The minimum atomic E-state index is 0.0664. The lowest BCUT2D eigenvalue weighted by Crippen LogP contribution is -2.11. The van der Waals surface area contributed by atoms with E-state index in [2.05, 4.69) is 33.4 Å². The van der Waals surface area contributed by atoms with Gasteiger partial charge in [-0.3, -0.25) is 4.79 Å². The van der Waals surface area contributed by atoms with E-state index in [0.717, 1.165) is 28.6 Å². The molecule has 0 spiro atoms. The Hall–Kier alpha value is -1.61. The van der Waals surface area contributed by atoms with E-state index in [1.807, 2.05) is 43.3 Å². The maximum Gasteiger partial charge on any atom is 0.224 e. The van der Waals surface area contributed by atoms with Gasteiger partial charge >= 0.3 is 0 Å². The Kier molecular flexibility index (Phi) is 5.36. The van der Waals surface area contributed by atoms with Crippen molar-refractivity contribution in [1.29, 1.82) is 0 Å². The molecule has 0 fully saturated rings. The van der Waals surface area contributed by atoms with Gasteiger partial charge < -0.3 is 5.32 Å². The van der Waals surface area contributed by atoms with Crippen LogP contribution in [0.2, 0.25) is 0 Å². The highest BCUT2D eigenvalue weighted by Gasteiger charge is 2.04. The number of halogens is 1. The summed E-state index contributed by atoms with van der Waals surface area (Å²) in [5.74, 6) is 0.0664. The van der Waals surface area contributed by atoms with Crippen LogP contribution in [0.1, 0.15) is 24.0 Å². The number of hydrogen-bond donors (Lipinski definition) is 1. The van der Waals surface area contributed by atoms with Crippen molar-refractivity contribution < 1.29 is 4.79 Å². The molecule has 2 aromatic carbocycles. The van der Waals surface area contributed by atoms with Crippen LogP contribution in [-0.2, 0) is 11.2 Å². The zero-order chi connectivity index (χ0) is 14.4. The first-order valence-electron chi connectivity index (χ1n) is 6.75. The zero-order valence-electron chi connectivity index (χ0n) is 11.5. The molecule has 2 rings (SSSR count). The van der Waals surface area contributed by atoms with Crippen molar-refractivity contribution in [2.24, 2.45) is 0 Å². The van der Waals surface area contributed by atoms with Gasteiger partial charge in [-0.05, 0) is 43.0 Å². The van der Waals surface area contributed by atoms with Crippen LogP contribution < -0.4 is 5.32 Å². The number of aryl methyl sites for hydroxylation is 2. The van der Waals surface area contributed by atoms with Gasteiger partial charge in [0.05, 0.1) is 0 Å². The third kappa shape index (κ3) is 4.49. The van der Waals surface area contributed by atoms with Gasteiger partial charge in [0, 0.05) is 16.6 Å². The summed E-state index contributed by atoms with van der Waals surface area (Å²) < 4.78 is 1.01. The molecular formula is C17H18BrNO. The van der Waals surface area contributed by atoms with Gasteiger partial charge in [-0.15, -0.1) is 0 Å². The van der Waals surface area contributed by atoms with Crippen LogP contribution >= 0.6 is 15.9 Å². The van der Waals surface area contributed by atoms with Crippen LogP contribution in [0.15, 0.2) is 53.0 Å². The van der Waals surface area contributed by atoms with Gasteiger partial charge in [0.1, 0.15) is 0 Å². The first kappa shape index (κ1) is 14.8. The van der Waals surface area contributed by atoms with Crippen molar-refractivity contribution in [2.45, 2.75) is 26.2 Å². The minimum Gasteiger partial charge on any atom is -0.326 e. The summed E-state index contributed by atoms with van der Waals surface area (Å²) in [6, 6.07) is 16.1.